The number of anilines is 1. The number of hydrogen-bond donors (Lipinski definition) is 3. The Morgan fingerprint density at radius 1 is 1.09 bits per heavy atom. The zero-order valence-electron chi connectivity index (χ0n) is 25.8. The van der Waals surface area contributed by atoms with Crippen LogP contribution < -0.4 is 10.6 Å². The van der Waals surface area contributed by atoms with E-state index in [1.807, 2.05) is 52.0 Å². The number of aromatic nitrogens is 1. The monoisotopic (exact) mass is 646 g/mol. The number of fused-ring (bicyclic) bond motifs is 2. The molecule has 3 heterocycles. The van der Waals surface area contributed by atoms with Crippen LogP contribution in [-0.4, -0.2) is 84.1 Å². The minimum atomic E-state index is -0.828. The van der Waals surface area contributed by atoms with Gasteiger partial charge < -0.3 is 34.9 Å². The van der Waals surface area contributed by atoms with Gasteiger partial charge in [0.25, 0.3) is 0 Å². The van der Waals surface area contributed by atoms with Gasteiger partial charge in [-0.15, -0.1) is 22.7 Å². The molecule has 1 aliphatic heterocycles. The highest BCUT2D eigenvalue weighted by molar-refractivity contribution is 7.22. The number of carboxylic acid groups (broad SMARTS) is 1. The number of para-hydroxylation sites is 1. The molecule has 0 aliphatic carbocycles. The maximum absolute atomic E-state index is 13.0. The zero-order valence-corrected chi connectivity index (χ0v) is 27.4. The van der Waals surface area contributed by atoms with Gasteiger partial charge in [0, 0.05) is 42.9 Å². The largest absolute Gasteiger partial charge is 0.481 e. The lowest BCUT2D eigenvalue weighted by Crippen LogP contribution is -2.39. The molecule has 11 nitrogen and oxygen atoms in total. The minimum absolute atomic E-state index is 0.0876. The molecule has 3 aromatic rings. The first-order valence-corrected chi connectivity index (χ1v) is 16.5. The molecule has 1 aliphatic rings. The van der Waals surface area contributed by atoms with Gasteiger partial charge >= 0.3 is 12.1 Å². The summed E-state index contributed by atoms with van der Waals surface area (Å²) >= 11 is 3.10. The molecular weight excluding hydrogens is 604 g/mol. The molecule has 44 heavy (non-hydrogen) atoms. The quantitative estimate of drug-likeness (QED) is 0.182. The summed E-state index contributed by atoms with van der Waals surface area (Å²) in [7, 11) is 0. The number of thiophene rings is 1. The van der Waals surface area contributed by atoms with Crippen LogP contribution in [0.25, 0.3) is 20.8 Å². The average Bonchev–Trinajstić information content (AvgIpc) is 3.54. The number of nitrogens with zero attached hydrogens (tertiary/aromatic N) is 2. The fraction of sp³-hybridized carbons (Fsp3) is 0.548. The number of aliphatic carboxylic acids is 1. The molecule has 0 bridgehead atoms. The van der Waals surface area contributed by atoms with Crippen LogP contribution in [-0.2, 0) is 36.8 Å². The first-order chi connectivity index (χ1) is 21.0. The molecule has 0 fully saturated rings. The Morgan fingerprint density at radius 2 is 1.89 bits per heavy atom. The number of carbonyl (C=O) groups excluding carboxylic acids is 2. The number of rotatable bonds is 15. The Hall–Kier alpha value is -3.10. The topological polar surface area (TPSA) is 139 Å². The lowest BCUT2D eigenvalue weighted by molar-refractivity contribution is -0.137. The van der Waals surface area contributed by atoms with E-state index in [-0.39, 0.29) is 30.9 Å². The molecule has 2 amide bonds. The predicted octanol–water partition coefficient (Wildman–Crippen LogP) is 5.52. The van der Waals surface area contributed by atoms with Crippen molar-refractivity contribution in [2.75, 3.05) is 44.8 Å². The van der Waals surface area contributed by atoms with Crippen LogP contribution in [0.15, 0.2) is 24.3 Å². The third kappa shape index (κ3) is 9.96. The van der Waals surface area contributed by atoms with Crippen LogP contribution in [0.1, 0.15) is 57.4 Å². The molecule has 0 radical (unpaired) electrons. The van der Waals surface area contributed by atoms with Crippen LogP contribution in [0.3, 0.4) is 0 Å². The molecule has 4 rings (SSSR count). The van der Waals surface area contributed by atoms with Crippen LogP contribution in [0.5, 0.6) is 0 Å². The predicted molar refractivity (Wildman–Crippen MR) is 173 cm³/mol. The number of benzene rings is 1. The molecule has 0 saturated carbocycles. The van der Waals surface area contributed by atoms with E-state index in [1.165, 1.54) is 11.3 Å². The summed E-state index contributed by atoms with van der Waals surface area (Å²) in [5.41, 5.74) is 2.42. The van der Waals surface area contributed by atoms with E-state index < -0.39 is 11.6 Å². The molecule has 2 aromatic heterocycles. The fourth-order valence-corrected chi connectivity index (χ4v) is 7.05. The van der Waals surface area contributed by atoms with Gasteiger partial charge in [0.05, 0.1) is 42.7 Å². The summed E-state index contributed by atoms with van der Waals surface area (Å²) in [4.78, 5) is 44.1. The van der Waals surface area contributed by atoms with Gasteiger partial charge in [-0.3, -0.25) is 9.59 Å². The molecule has 1 unspecified atom stereocenters. The van der Waals surface area contributed by atoms with Crippen LogP contribution in [0.4, 0.5) is 9.80 Å². The van der Waals surface area contributed by atoms with E-state index in [0.29, 0.717) is 58.8 Å². The van der Waals surface area contributed by atoms with Gasteiger partial charge in [-0.05, 0) is 58.2 Å². The normalized spacial score (nSPS) is 14.0. The van der Waals surface area contributed by atoms with Crippen molar-refractivity contribution in [3.8, 4) is 10.6 Å². The van der Waals surface area contributed by atoms with E-state index >= 15 is 0 Å². The van der Waals surface area contributed by atoms with Crippen LogP contribution in [0.2, 0.25) is 0 Å². The lowest BCUT2D eigenvalue weighted by Gasteiger charge is -2.30. The highest BCUT2D eigenvalue weighted by atomic mass is 32.1. The smallest absolute Gasteiger partial charge is 0.410 e. The summed E-state index contributed by atoms with van der Waals surface area (Å²) in [6.45, 7) is 10.8. The molecule has 1 aromatic carbocycles. The third-order valence-electron chi connectivity index (χ3n) is 6.82. The third-order valence-corrected chi connectivity index (χ3v) is 9.00. The van der Waals surface area contributed by atoms with Crippen LogP contribution >= 0.6 is 22.7 Å². The zero-order chi connectivity index (χ0) is 31.7. The van der Waals surface area contributed by atoms with Crippen molar-refractivity contribution >= 4 is 55.9 Å². The number of carbonyl (C=O) groups is 3. The number of amides is 2. The van der Waals surface area contributed by atoms with Crippen molar-refractivity contribution in [1.82, 2.24) is 15.2 Å². The first kappa shape index (κ1) is 33.8. The minimum Gasteiger partial charge on any atom is -0.481 e. The maximum atomic E-state index is 13.0. The fourth-order valence-electron chi connectivity index (χ4n) is 4.66. The Bertz CT molecular complexity index is 1400. The number of thiazole rings is 1. The number of nitrogens with one attached hydrogen (secondary N) is 2. The summed E-state index contributed by atoms with van der Waals surface area (Å²) in [5.74, 6) is -0.932. The van der Waals surface area contributed by atoms with Gasteiger partial charge in [0.1, 0.15) is 15.6 Å². The Labute approximate surface area is 265 Å². The molecular formula is C31H42N4O7S2. The summed E-state index contributed by atoms with van der Waals surface area (Å²) in [6.07, 6.45) is 1.04. The standard InChI is InChI=1S/C31H42N4O7S2/c1-20(9-10-26(37)38)41-18-17-40-16-14-32-13-11-25(36)34-29-27(28-33-22-7-5-6-8-23(22)43-28)21-12-15-35(19-24(21)44-29)30(39)42-31(2,3)4/h5-8,20,32H,9-19H2,1-4H3,(H,34,36)(H,37,38). The van der Waals surface area contributed by atoms with Gasteiger partial charge in [-0.25, -0.2) is 9.78 Å². The van der Waals surface area contributed by atoms with E-state index in [2.05, 4.69) is 10.6 Å². The van der Waals surface area contributed by atoms with E-state index in [9.17, 15) is 14.4 Å². The van der Waals surface area contributed by atoms with Crippen molar-refractivity contribution in [2.45, 2.75) is 71.6 Å². The van der Waals surface area contributed by atoms with Crippen molar-refractivity contribution in [1.29, 1.82) is 0 Å². The lowest BCUT2D eigenvalue weighted by atomic mass is 10.0. The molecule has 240 valence electrons. The Balaban J connectivity index is 1.30. The number of carboxylic acids is 1. The van der Waals surface area contributed by atoms with E-state index in [0.717, 1.165) is 36.2 Å². The second kappa shape index (κ2) is 15.8. The van der Waals surface area contributed by atoms with Crippen molar-refractivity contribution in [3.63, 3.8) is 0 Å². The molecule has 0 saturated heterocycles. The van der Waals surface area contributed by atoms with Gasteiger partial charge in [-0.1, -0.05) is 12.1 Å². The first-order valence-electron chi connectivity index (χ1n) is 14.9. The van der Waals surface area contributed by atoms with Gasteiger partial charge in [0.15, 0.2) is 0 Å². The van der Waals surface area contributed by atoms with E-state index in [4.69, 9.17) is 24.3 Å². The number of ether oxygens (including phenoxy) is 3. The maximum Gasteiger partial charge on any atom is 0.410 e. The van der Waals surface area contributed by atoms with Gasteiger partial charge in [0.2, 0.25) is 5.91 Å². The second-order valence-corrected chi connectivity index (χ2v) is 13.8. The average molecular weight is 647 g/mol. The summed E-state index contributed by atoms with van der Waals surface area (Å²) in [5, 5.41) is 16.7. The van der Waals surface area contributed by atoms with Crippen molar-refractivity contribution in [2.24, 2.45) is 0 Å². The molecule has 13 heteroatoms. The van der Waals surface area contributed by atoms with Crippen molar-refractivity contribution < 1.29 is 33.7 Å². The summed E-state index contributed by atoms with van der Waals surface area (Å²) in [6, 6.07) is 7.99. The highest BCUT2D eigenvalue weighted by Gasteiger charge is 2.31. The number of hydrogen-bond acceptors (Lipinski definition) is 10. The second-order valence-electron chi connectivity index (χ2n) is 11.6. The Kier molecular flexibility index (Phi) is 12.1. The molecule has 0 spiro atoms. The van der Waals surface area contributed by atoms with Gasteiger partial charge in [-0.2, -0.15) is 0 Å². The Morgan fingerprint density at radius 3 is 2.64 bits per heavy atom. The van der Waals surface area contributed by atoms with E-state index in [1.54, 1.807) is 16.2 Å². The molecule has 1 atom stereocenters. The SMILES string of the molecule is CC(CCC(=O)O)OCCOCCNCCC(=O)Nc1sc2c(c1-c1nc3ccccc3s1)CCN(C(=O)OC(C)(C)C)C2. The van der Waals surface area contributed by atoms with Crippen LogP contribution in [0, 0.1) is 0 Å². The highest BCUT2D eigenvalue weighted by Crippen LogP contribution is 2.45. The van der Waals surface area contributed by atoms with Crippen molar-refractivity contribution in [3.05, 3.63) is 34.7 Å². The summed E-state index contributed by atoms with van der Waals surface area (Å²) < 4.78 is 17.8. The molecule has 3 N–H and O–H groups in total.